The summed E-state index contributed by atoms with van der Waals surface area (Å²) in [6.07, 6.45) is -5.14. The Morgan fingerprint density at radius 3 is 2.53 bits per heavy atom. The molecule has 0 amide bonds. The lowest BCUT2D eigenvalue weighted by Crippen LogP contribution is -2.56. The van der Waals surface area contributed by atoms with Gasteiger partial charge in [-0.15, -0.1) is 0 Å². The van der Waals surface area contributed by atoms with Gasteiger partial charge in [-0.2, -0.15) is 8.42 Å². The van der Waals surface area contributed by atoms with Crippen LogP contribution in [0.3, 0.4) is 0 Å². The molecule has 1 heterocycles. The van der Waals surface area contributed by atoms with E-state index in [1.54, 1.807) is 0 Å². The maximum Gasteiger partial charge on any atom is 0.397 e. The van der Waals surface area contributed by atoms with Crippen LogP contribution < -0.4 is 0 Å². The van der Waals surface area contributed by atoms with Crippen molar-refractivity contribution in [3.05, 3.63) is 0 Å². The van der Waals surface area contributed by atoms with E-state index in [9.17, 15) is 13.5 Å². The molecule has 4 N–H and O–H groups in total. The SMILES string of the molecule is O=S(=O)(O)O[C@H]1[C@H](OSO)[C@@H](CO)OC[C@@H]1O. The van der Waals surface area contributed by atoms with E-state index < -0.39 is 41.4 Å². The molecule has 17 heavy (non-hydrogen) atoms. The van der Waals surface area contributed by atoms with E-state index in [0.717, 1.165) is 0 Å². The van der Waals surface area contributed by atoms with Gasteiger partial charge in [0.1, 0.15) is 24.4 Å². The quantitative estimate of drug-likeness (QED) is 0.346. The van der Waals surface area contributed by atoms with Gasteiger partial charge in [-0.05, 0) is 0 Å². The fourth-order valence-electron chi connectivity index (χ4n) is 1.42. The van der Waals surface area contributed by atoms with Crippen LogP contribution in [0.5, 0.6) is 0 Å². The summed E-state index contributed by atoms with van der Waals surface area (Å²) >= 11 is -0.0996. The molecule has 0 spiro atoms. The van der Waals surface area contributed by atoms with Crippen molar-refractivity contribution in [1.29, 1.82) is 0 Å². The first-order valence-electron chi connectivity index (χ1n) is 4.42. The second kappa shape index (κ2) is 6.26. The Morgan fingerprint density at radius 1 is 1.41 bits per heavy atom. The van der Waals surface area contributed by atoms with Gasteiger partial charge in [0.05, 0.1) is 13.2 Å². The van der Waals surface area contributed by atoms with Crippen molar-refractivity contribution in [1.82, 2.24) is 0 Å². The second-order valence-corrected chi connectivity index (χ2v) is 4.64. The first kappa shape index (κ1) is 15.1. The molecule has 9 nitrogen and oxygen atoms in total. The van der Waals surface area contributed by atoms with Crippen molar-refractivity contribution in [2.75, 3.05) is 13.2 Å². The van der Waals surface area contributed by atoms with Gasteiger partial charge in [-0.25, -0.2) is 4.18 Å². The van der Waals surface area contributed by atoms with E-state index >= 15 is 0 Å². The van der Waals surface area contributed by atoms with E-state index in [1.165, 1.54) is 0 Å². The summed E-state index contributed by atoms with van der Waals surface area (Å²) in [6.45, 7) is -0.843. The molecular weight excluding hydrogens is 280 g/mol. The van der Waals surface area contributed by atoms with Gasteiger partial charge in [0.25, 0.3) is 0 Å². The zero-order valence-corrected chi connectivity index (χ0v) is 10.0. The van der Waals surface area contributed by atoms with Gasteiger partial charge in [0.2, 0.25) is 0 Å². The van der Waals surface area contributed by atoms with Crippen LogP contribution >= 0.6 is 12.3 Å². The smallest absolute Gasteiger partial charge is 0.394 e. The minimum atomic E-state index is -4.81. The third-order valence-corrected chi connectivity index (χ3v) is 2.89. The molecule has 0 aromatic heterocycles. The van der Waals surface area contributed by atoms with Gasteiger partial charge >= 0.3 is 10.4 Å². The lowest BCUT2D eigenvalue weighted by molar-refractivity contribution is -0.177. The topological polar surface area (TPSA) is 143 Å². The molecule has 0 saturated carbocycles. The molecule has 1 rings (SSSR count). The van der Waals surface area contributed by atoms with Crippen LogP contribution in [-0.4, -0.2) is 65.4 Å². The summed E-state index contributed by atoms with van der Waals surface area (Å²) < 4.78 is 52.1. The van der Waals surface area contributed by atoms with Gasteiger partial charge in [-0.1, -0.05) is 0 Å². The Kier molecular flexibility index (Phi) is 5.56. The van der Waals surface area contributed by atoms with Gasteiger partial charge in [-0.3, -0.25) is 8.74 Å². The minimum Gasteiger partial charge on any atom is -0.394 e. The summed E-state index contributed by atoms with van der Waals surface area (Å²) in [5.74, 6) is 0. The molecule has 0 aromatic rings. The van der Waals surface area contributed by atoms with Crippen LogP contribution in [0.25, 0.3) is 0 Å². The van der Waals surface area contributed by atoms with Crippen molar-refractivity contribution in [3.63, 3.8) is 0 Å². The number of rotatable bonds is 5. The molecule has 102 valence electrons. The highest BCUT2D eigenvalue weighted by molar-refractivity contribution is 7.88. The summed E-state index contributed by atoms with van der Waals surface area (Å²) in [5.41, 5.74) is 0. The maximum absolute atomic E-state index is 10.6. The Hall–Kier alpha value is 0.0200. The Bertz CT molecular complexity index is 330. The fourth-order valence-corrected chi connectivity index (χ4v) is 2.28. The summed E-state index contributed by atoms with van der Waals surface area (Å²) in [5, 5.41) is 18.4. The standard InChI is InChI=1S/C6H12O9S2/c7-1-4-6(14-16-9)5(3(8)2-13-4)15-17(10,11)12/h3-9H,1-2H2,(H,10,11,12)/t3-,4+,5+,6+/m0/s1. The van der Waals surface area contributed by atoms with Crippen molar-refractivity contribution in [3.8, 4) is 0 Å². The van der Waals surface area contributed by atoms with E-state index in [1.807, 2.05) is 0 Å². The Balaban J connectivity index is 2.84. The molecular formula is C6H12O9S2. The van der Waals surface area contributed by atoms with Crippen LogP contribution in [0.4, 0.5) is 0 Å². The number of hydrogen-bond donors (Lipinski definition) is 4. The highest BCUT2D eigenvalue weighted by Crippen LogP contribution is 2.25. The normalized spacial score (nSPS) is 34.8. The van der Waals surface area contributed by atoms with E-state index in [4.69, 9.17) is 18.9 Å². The van der Waals surface area contributed by atoms with Crippen LogP contribution in [0.2, 0.25) is 0 Å². The van der Waals surface area contributed by atoms with Crippen molar-refractivity contribution >= 4 is 22.7 Å². The van der Waals surface area contributed by atoms with Crippen LogP contribution in [0.1, 0.15) is 0 Å². The molecule has 11 heteroatoms. The monoisotopic (exact) mass is 292 g/mol. The average Bonchev–Trinajstić information content (AvgIpc) is 2.22. The first-order valence-corrected chi connectivity index (χ1v) is 6.48. The summed E-state index contributed by atoms with van der Waals surface area (Å²) in [7, 11) is -4.81. The average molecular weight is 292 g/mol. The molecule has 0 unspecified atom stereocenters. The molecule has 0 radical (unpaired) electrons. The summed E-state index contributed by atoms with van der Waals surface area (Å²) in [4.78, 5) is 0. The van der Waals surface area contributed by atoms with Gasteiger partial charge in [0, 0.05) is 0 Å². The number of hydrogen-bond acceptors (Lipinski definition) is 9. The number of aliphatic hydroxyl groups is 2. The molecule has 1 fully saturated rings. The maximum atomic E-state index is 10.6. The Labute approximate surface area is 102 Å². The van der Waals surface area contributed by atoms with E-state index in [2.05, 4.69) is 8.37 Å². The molecule has 1 aliphatic rings. The van der Waals surface area contributed by atoms with Gasteiger partial charge in [0.15, 0.2) is 12.3 Å². The predicted molar refractivity (Wildman–Crippen MR) is 54.3 cm³/mol. The summed E-state index contributed by atoms with van der Waals surface area (Å²) in [6, 6.07) is 0. The molecule has 0 aromatic carbocycles. The molecule has 0 aliphatic carbocycles. The second-order valence-electron chi connectivity index (χ2n) is 3.25. The zero-order valence-electron chi connectivity index (χ0n) is 8.37. The largest absolute Gasteiger partial charge is 0.397 e. The molecule has 1 aliphatic heterocycles. The zero-order chi connectivity index (χ0) is 13.1. The van der Waals surface area contributed by atoms with E-state index in [-0.39, 0.29) is 18.9 Å². The number of aliphatic hydroxyl groups excluding tert-OH is 2. The highest BCUT2D eigenvalue weighted by Gasteiger charge is 2.44. The fraction of sp³-hybridized carbons (Fsp3) is 1.00. The third-order valence-electron chi connectivity index (χ3n) is 2.12. The highest BCUT2D eigenvalue weighted by atomic mass is 32.3. The lowest BCUT2D eigenvalue weighted by atomic mass is 10.0. The molecule has 0 bridgehead atoms. The van der Waals surface area contributed by atoms with Crippen molar-refractivity contribution in [2.45, 2.75) is 24.4 Å². The molecule has 4 atom stereocenters. The van der Waals surface area contributed by atoms with Crippen molar-refractivity contribution in [2.24, 2.45) is 0 Å². The van der Waals surface area contributed by atoms with Crippen LogP contribution in [-0.2, 0) is 23.5 Å². The molecule has 1 saturated heterocycles. The van der Waals surface area contributed by atoms with Gasteiger partial charge < -0.3 is 19.5 Å². The van der Waals surface area contributed by atoms with Crippen LogP contribution in [0.15, 0.2) is 0 Å². The van der Waals surface area contributed by atoms with E-state index in [0.29, 0.717) is 0 Å². The number of ether oxygens (including phenoxy) is 1. The Morgan fingerprint density at radius 2 is 2.06 bits per heavy atom. The van der Waals surface area contributed by atoms with Crippen molar-refractivity contribution < 1.29 is 40.8 Å². The third kappa shape index (κ3) is 4.31. The predicted octanol–water partition coefficient (Wildman–Crippen LogP) is -1.57. The van der Waals surface area contributed by atoms with Crippen LogP contribution in [0, 0.1) is 0 Å². The first-order chi connectivity index (χ1) is 7.89. The lowest BCUT2D eigenvalue weighted by Gasteiger charge is -2.37. The minimum absolute atomic E-state index is 0.0996.